The Hall–Kier alpha value is -3.56. The first-order valence-electron chi connectivity index (χ1n) is 11.3. The lowest BCUT2D eigenvalue weighted by atomic mass is 9.70. The molecule has 0 aliphatic carbocycles. The van der Waals surface area contributed by atoms with E-state index in [1.54, 1.807) is 24.3 Å². The summed E-state index contributed by atoms with van der Waals surface area (Å²) in [6, 6.07) is 10.3. The van der Waals surface area contributed by atoms with Gasteiger partial charge in [0.15, 0.2) is 0 Å². The van der Waals surface area contributed by atoms with Gasteiger partial charge >= 0.3 is 5.92 Å². The third-order valence-corrected chi connectivity index (χ3v) is 6.51. The van der Waals surface area contributed by atoms with Gasteiger partial charge in [-0.25, -0.2) is 0 Å². The molecule has 2 heterocycles. The highest BCUT2D eigenvalue weighted by Crippen LogP contribution is 2.33. The number of hydrogen-bond donors (Lipinski definition) is 2. The molecular weight excluding hydrogens is 455 g/mol. The van der Waals surface area contributed by atoms with Crippen molar-refractivity contribution in [1.82, 2.24) is 15.5 Å². The van der Waals surface area contributed by atoms with Crippen LogP contribution in [0.25, 0.3) is 0 Å². The minimum absolute atomic E-state index is 0.00641. The Morgan fingerprint density at radius 1 is 1.17 bits per heavy atom. The third kappa shape index (κ3) is 4.44. The predicted octanol–water partition coefficient (Wildman–Crippen LogP) is 2.48. The van der Waals surface area contributed by atoms with E-state index in [9.17, 15) is 28.0 Å². The van der Waals surface area contributed by atoms with Crippen LogP contribution in [0.3, 0.4) is 0 Å². The van der Waals surface area contributed by atoms with Gasteiger partial charge in [-0.1, -0.05) is 50.2 Å². The summed E-state index contributed by atoms with van der Waals surface area (Å²) >= 11 is 0. The van der Waals surface area contributed by atoms with Crippen LogP contribution >= 0.6 is 0 Å². The zero-order chi connectivity index (χ0) is 25.5. The smallest absolute Gasteiger partial charge is 0.346 e. The third-order valence-electron chi connectivity index (χ3n) is 6.51. The molecule has 10 heteroatoms. The lowest BCUT2D eigenvalue weighted by Gasteiger charge is -2.40. The SMILES string of the molecule is [B][C@]1(N2Cc3cc(CNC(=O)C(F)(F)c4ccc(C(C)C)cc4)ccc3C2=O)CCC(=O)NC1=O. The molecule has 0 bridgehead atoms. The molecular formula is C25H24BF2N3O4. The number of piperidine rings is 1. The van der Waals surface area contributed by atoms with Gasteiger partial charge in [0, 0.05) is 30.6 Å². The highest BCUT2D eigenvalue weighted by molar-refractivity contribution is 6.32. The van der Waals surface area contributed by atoms with E-state index in [0.29, 0.717) is 16.7 Å². The average molecular weight is 479 g/mol. The number of carbonyl (C=O) groups excluding carboxylic acids is 4. The summed E-state index contributed by atoms with van der Waals surface area (Å²) in [6.45, 7) is 3.73. The lowest BCUT2D eigenvalue weighted by molar-refractivity contribution is -0.147. The highest BCUT2D eigenvalue weighted by atomic mass is 19.3. The fourth-order valence-corrected chi connectivity index (χ4v) is 4.28. The maximum atomic E-state index is 14.7. The molecule has 2 aliphatic heterocycles. The van der Waals surface area contributed by atoms with Crippen LogP contribution in [-0.4, -0.2) is 41.8 Å². The van der Waals surface area contributed by atoms with Gasteiger partial charge in [0.05, 0.1) is 5.44 Å². The monoisotopic (exact) mass is 479 g/mol. The number of halogens is 2. The van der Waals surface area contributed by atoms with Crippen LogP contribution in [0.1, 0.15) is 65.2 Å². The molecule has 7 nitrogen and oxygen atoms in total. The van der Waals surface area contributed by atoms with E-state index in [1.807, 2.05) is 13.8 Å². The van der Waals surface area contributed by atoms with Crippen LogP contribution in [0.2, 0.25) is 0 Å². The zero-order valence-electron chi connectivity index (χ0n) is 19.4. The van der Waals surface area contributed by atoms with Gasteiger partial charge < -0.3 is 10.2 Å². The van der Waals surface area contributed by atoms with Crippen LogP contribution < -0.4 is 10.6 Å². The Labute approximate surface area is 202 Å². The van der Waals surface area contributed by atoms with Crippen LogP contribution in [-0.2, 0) is 33.4 Å². The van der Waals surface area contributed by atoms with Crippen molar-refractivity contribution in [3.63, 3.8) is 0 Å². The Morgan fingerprint density at radius 3 is 2.49 bits per heavy atom. The molecule has 2 N–H and O–H groups in total. The van der Waals surface area contributed by atoms with E-state index in [2.05, 4.69) is 10.6 Å². The highest BCUT2D eigenvalue weighted by Gasteiger charge is 2.47. The van der Waals surface area contributed by atoms with Crippen LogP contribution in [0, 0.1) is 0 Å². The molecule has 2 radical (unpaired) electrons. The number of nitrogens with zero attached hydrogens (tertiary/aromatic N) is 1. The molecule has 0 spiro atoms. The Kier molecular flexibility index (Phi) is 6.25. The van der Waals surface area contributed by atoms with Crippen LogP contribution in [0.15, 0.2) is 42.5 Å². The number of imide groups is 1. The normalized spacial score (nSPS) is 20.1. The van der Waals surface area contributed by atoms with Crippen molar-refractivity contribution in [2.75, 3.05) is 0 Å². The Balaban J connectivity index is 1.44. The first-order valence-corrected chi connectivity index (χ1v) is 11.3. The largest absolute Gasteiger partial charge is 0.349 e. The Bertz CT molecular complexity index is 1220. The van der Waals surface area contributed by atoms with Crippen LogP contribution in [0.5, 0.6) is 0 Å². The summed E-state index contributed by atoms with van der Waals surface area (Å²) in [7, 11) is 6.21. The number of carbonyl (C=O) groups is 4. The van der Waals surface area contributed by atoms with E-state index >= 15 is 0 Å². The molecule has 0 aromatic heterocycles. The standard InChI is InChI=1S/C25H24BF2N3O4/c1-14(2)16-4-6-18(7-5-16)25(27,28)23(35)29-12-15-3-8-19-17(11-15)13-31(21(19)33)24(26)10-9-20(32)30-22(24)34/h3-8,11,14H,9-10,12-13H2,1-2H3,(H,29,35)(H,30,32,34)/t24-/m0/s1. The molecule has 4 rings (SSSR count). The van der Waals surface area contributed by atoms with Gasteiger partial charge in [-0.2, -0.15) is 8.78 Å². The number of benzene rings is 2. The average Bonchev–Trinajstić information content (AvgIpc) is 3.16. The molecule has 0 saturated carbocycles. The van der Waals surface area contributed by atoms with Gasteiger partial charge in [0.1, 0.15) is 7.85 Å². The molecule has 2 aromatic carbocycles. The maximum absolute atomic E-state index is 14.7. The molecule has 1 atom stereocenters. The second-order valence-electron chi connectivity index (χ2n) is 9.22. The molecule has 180 valence electrons. The van der Waals surface area contributed by atoms with Crippen molar-refractivity contribution < 1.29 is 28.0 Å². The summed E-state index contributed by atoms with van der Waals surface area (Å²) in [5.41, 5.74) is 0.214. The molecule has 1 fully saturated rings. The van der Waals surface area contributed by atoms with Gasteiger partial charge in [0.25, 0.3) is 11.8 Å². The van der Waals surface area contributed by atoms with Crippen molar-refractivity contribution in [2.24, 2.45) is 0 Å². The van der Waals surface area contributed by atoms with Crippen molar-refractivity contribution in [3.05, 3.63) is 70.3 Å². The first-order chi connectivity index (χ1) is 16.4. The summed E-state index contributed by atoms with van der Waals surface area (Å²) < 4.78 is 29.4. The number of nitrogens with one attached hydrogen (secondary N) is 2. The van der Waals surface area contributed by atoms with Crippen molar-refractivity contribution in [2.45, 2.75) is 57.1 Å². The van der Waals surface area contributed by atoms with E-state index in [1.165, 1.54) is 23.1 Å². The minimum atomic E-state index is -3.71. The summed E-state index contributed by atoms with van der Waals surface area (Å²) in [6.07, 6.45) is 0.00158. The second kappa shape index (κ2) is 8.90. The van der Waals surface area contributed by atoms with Crippen molar-refractivity contribution in [3.8, 4) is 0 Å². The van der Waals surface area contributed by atoms with Crippen molar-refractivity contribution >= 4 is 31.5 Å². The molecule has 2 aliphatic rings. The fraction of sp³-hybridized carbons (Fsp3) is 0.360. The topological polar surface area (TPSA) is 95.6 Å². The lowest BCUT2D eigenvalue weighted by Crippen LogP contribution is -2.63. The number of alkyl halides is 2. The van der Waals surface area contributed by atoms with Gasteiger partial charge in [0.2, 0.25) is 11.8 Å². The Morgan fingerprint density at radius 2 is 1.86 bits per heavy atom. The van der Waals surface area contributed by atoms with Gasteiger partial charge in [-0.15, -0.1) is 0 Å². The number of hydrogen-bond acceptors (Lipinski definition) is 4. The summed E-state index contributed by atoms with van der Waals surface area (Å²) in [5.74, 6) is -6.62. The summed E-state index contributed by atoms with van der Waals surface area (Å²) in [5, 5.41) is 4.42. The number of amides is 4. The number of fused-ring (bicyclic) bond motifs is 1. The van der Waals surface area contributed by atoms with Crippen molar-refractivity contribution in [1.29, 1.82) is 0 Å². The second-order valence-corrected chi connectivity index (χ2v) is 9.22. The minimum Gasteiger partial charge on any atom is -0.346 e. The zero-order valence-corrected chi connectivity index (χ0v) is 19.4. The molecule has 2 aromatic rings. The van der Waals surface area contributed by atoms with E-state index in [4.69, 9.17) is 7.85 Å². The number of rotatable bonds is 6. The fourth-order valence-electron chi connectivity index (χ4n) is 4.28. The van der Waals surface area contributed by atoms with E-state index in [-0.39, 0.29) is 31.8 Å². The molecule has 35 heavy (non-hydrogen) atoms. The van der Waals surface area contributed by atoms with Gasteiger partial charge in [-0.3, -0.25) is 24.5 Å². The quantitative estimate of drug-likeness (QED) is 0.492. The van der Waals surface area contributed by atoms with Gasteiger partial charge in [-0.05, 0) is 35.1 Å². The molecule has 0 unspecified atom stereocenters. The maximum Gasteiger partial charge on any atom is 0.349 e. The first kappa shape index (κ1) is 24.6. The summed E-state index contributed by atoms with van der Waals surface area (Å²) in [4.78, 5) is 50.2. The molecule has 1 saturated heterocycles. The van der Waals surface area contributed by atoms with Crippen LogP contribution in [0.4, 0.5) is 8.78 Å². The van der Waals surface area contributed by atoms with E-state index in [0.717, 1.165) is 5.56 Å². The molecule has 4 amide bonds. The van der Waals surface area contributed by atoms with E-state index < -0.39 is 40.6 Å². The predicted molar refractivity (Wildman–Crippen MR) is 123 cm³/mol.